The average molecular weight is 327 g/mol. The van der Waals surface area contributed by atoms with Gasteiger partial charge in [0.15, 0.2) is 0 Å². The van der Waals surface area contributed by atoms with E-state index in [0.29, 0.717) is 0 Å². The van der Waals surface area contributed by atoms with Crippen LogP contribution in [0.5, 0.6) is 0 Å². The van der Waals surface area contributed by atoms with E-state index in [0.717, 1.165) is 49.6 Å². The maximum Gasteiger partial charge on any atom is 0.0724 e. The van der Waals surface area contributed by atoms with Crippen molar-refractivity contribution < 1.29 is 0 Å². The molecule has 0 atom stereocenters. The van der Waals surface area contributed by atoms with Gasteiger partial charge in [-0.1, -0.05) is 54.9 Å². The third-order valence-electron chi connectivity index (χ3n) is 4.32. The molecule has 0 saturated carbocycles. The summed E-state index contributed by atoms with van der Waals surface area (Å²) in [6.45, 7) is 4.99. The van der Waals surface area contributed by atoms with E-state index in [1.807, 2.05) is 12.1 Å². The van der Waals surface area contributed by atoms with E-state index in [1.54, 1.807) is 0 Å². The number of aryl methyl sites for hydroxylation is 1. The fraction of sp³-hybridized carbons (Fsp3) is 0.350. The number of fused-ring (bicyclic) bond motifs is 2. The number of rotatable bonds is 5. The summed E-state index contributed by atoms with van der Waals surface area (Å²) in [5, 5.41) is 4.21. The molecule has 1 N–H and O–H groups in total. The molecule has 0 saturated heterocycles. The largest absolute Gasteiger partial charge is 0.317 e. The number of hydrogen-bond donors (Lipinski definition) is 1. The minimum Gasteiger partial charge on any atom is -0.317 e. The fourth-order valence-electron chi connectivity index (χ4n) is 3.15. The Labute approximate surface area is 143 Å². The molecule has 0 fully saturated rings. The third-order valence-corrected chi connectivity index (χ3v) is 4.68. The van der Waals surface area contributed by atoms with E-state index in [2.05, 4.69) is 42.6 Å². The molecule has 0 heterocycles. The number of nitrogens with one attached hydrogen (secondary N) is 1. The summed E-state index contributed by atoms with van der Waals surface area (Å²) in [5.74, 6) is 0. The van der Waals surface area contributed by atoms with E-state index in [9.17, 15) is 0 Å². The van der Waals surface area contributed by atoms with E-state index in [4.69, 9.17) is 16.6 Å². The summed E-state index contributed by atoms with van der Waals surface area (Å²) in [6, 6.07) is 14.8. The summed E-state index contributed by atoms with van der Waals surface area (Å²) >= 11 is 6.46. The monoisotopic (exact) mass is 326 g/mol. The molecule has 0 amide bonds. The first-order chi connectivity index (χ1) is 11.3. The van der Waals surface area contributed by atoms with Crippen LogP contribution in [0.4, 0.5) is 0 Å². The Balaban J connectivity index is 1.98. The summed E-state index contributed by atoms with van der Waals surface area (Å²) in [4.78, 5) is 4.96. The van der Waals surface area contributed by atoms with Crippen molar-refractivity contribution in [3.05, 3.63) is 69.7 Å². The zero-order valence-electron chi connectivity index (χ0n) is 13.6. The lowest BCUT2D eigenvalue weighted by Crippen LogP contribution is -2.15. The van der Waals surface area contributed by atoms with Gasteiger partial charge in [-0.3, -0.25) is 4.99 Å². The van der Waals surface area contributed by atoms with Crippen molar-refractivity contribution in [3.63, 3.8) is 0 Å². The van der Waals surface area contributed by atoms with Crippen LogP contribution in [0.15, 0.2) is 47.5 Å². The van der Waals surface area contributed by atoms with Gasteiger partial charge < -0.3 is 5.32 Å². The van der Waals surface area contributed by atoms with Gasteiger partial charge in [0.25, 0.3) is 0 Å². The zero-order valence-corrected chi connectivity index (χ0v) is 14.4. The highest BCUT2D eigenvalue weighted by Gasteiger charge is 2.20. The molecule has 2 aromatic carbocycles. The Hall–Kier alpha value is -1.64. The second-order valence-electron chi connectivity index (χ2n) is 5.86. The van der Waals surface area contributed by atoms with Gasteiger partial charge in [0.05, 0.1) is 5.71 Å². The highest BCUT2D eigenvalue weighted by Crippen LogP contribution is 2.29. The Morgan fingerprint density at radius 3 is 2.74 bits per heavy atom. The maximum atomic E-state index is 6.46. The van der Waals surface area contributed by atoms with Crippen molar-refractivity contribution in [1.82, 2.24) is 5.32 Å². The summed E-state index contributed by atoms with van der Waals surface area (Å²) in [6.07, 6.45) is 3.04. The SMILES string of the molecule is CCNCCCN=C1c2ccccc2CCc2c(Cl)cccc21. The molecule has 2 nitrogen and oxygen atoms in total. The minimum atomic E-state index is 0.836. The molecule has 3 rings (SSSR count). The predicted octanol–water partition coefficient (Wildman–Crippen LogP) is 4.28. The van der Waals surface area contributed by atoms with Gasteiger partial charge >= 0.3 is 0 Å². The van der Waals surface area contributed by atoms with Gasteiger partial charge in [-0.25, -0.2) is 0 Å². The van der Waals surface area contributed by atoms with Gasteiger partial charge in [-0.05, 0) is 49.5 Å². The first-order valence-corrected chi connectivity index (χ1v) is 8.80. The Kier molecular flexibility index (Phi) is 5.47. The van der Waals surface area contributed by atoms with E-state index >= 15 is 0 Å². The van der Waals surface area contributed by atoms with Crippen molar-refractivity contribution in [2.75, 3.05) is 19.6 Å². The van der Waals surface area contributed by atoms with Crippen molar-refractivity contribution in [2.24, 2.45) is 4.99 Å². The second kappa shape index (κ2) is 7.76. The standard InChI is InChI=1S/C20H23ClN2/c1-2-22-13-6-14-23-20-16-8-4-3-7-15(16)11-12-17-18(20)9-5-10-19(17)21/h3-5,7-10,22H,2,6,11-14H2,1H3. The van der Waals surface area contributed by atoms with E-state index in [-0.39, 0.29) is 0 Å². The van der Waals surface area contributed by atoms with Gasteiger partial charge in [0.1, 0.15) is 0 Å². The molecule has 23 heavy (non-hydrogen) atoms. The number of nitrogens with zero attached hydrogens (tertiary/aromatic N) is 1. The predicted molar refractivity (Wildman–Crippen MR) is 99.0 cm³/mol. The molecule has 0 unspecified atom stereocenters. The molecule has 3 heteroatoms. The number of hydrogen-bond acceptors (Lipinski definition) is 2. The lowest BCUT2D eigenvalue weighted by atomic mass is 9.98. The molecule has 0 bridgehead atoms. The topological polar surface area (TPSA) is 24.4 Å². The normalized spacial score (nSPS) is 15.1. The van der Waals surface area contributed by atoms with Crippen LogP contribution in [-0.4, -0.2) is 25.3 Å². The maximum absolute atomic E-state index is 6.46. The molecular weight excluding hydrogens is 304 g/mol. The molecular formula is C20H23ClN2. The van der Waals surface area contributed by atoms with Gasteiger partial charge in [-0.15, -0.1) is 0 Å². The number of halogens is 1. The van der Waals surface area contributed by atoms with Crippen LogP contribution in [-0.2, 0) is 12.8 Å². The molecule has 0 aliphatic heterocycles. The van der Waals surface area contributed by atoms with Gasteiger partial charge in [-0.2, -0.15) is 0 Å². The van der Waals surface area contributed by atoms with Crippen LogP contribution in [0.2, 0.25) is 5.02 Å². The van der Waals surface area contributed by atoms with E-state index < -0.39 is 0 Å². The first-order valence-electron chi connectivity index (χ1n) is 8.42. The smallest absolute Gasteiger partial charge is 0.0724 e. The second-order valence-corrected chi connectivity index (χ2v) is 6.27. The zero-order chi connectivity index (χ0) is 16.1. The molecule has 0 aromatic heterocycles. The molecule has 1 aliphatic carbocycles. The van der Waals surface area contributed by atoms with Crippen molar-refractivity contribution in [1.29, 1.82) is 0 Å². The first kappa shape index (κ1) is 16.2. The molecule has 0 radical (unpaired) electrons. The summed E-state index contributed by atoms with van der Waals surface area (Å²) in [5.41, 5.74) is 6.16. The van der Waals surface area contributed by atoms with Crippen LogP contribution in [0.1, 0.15) is 35.6 Å². The number of benzene rings is 2. The van der Waals surface area contributed by atoms with Crippen molar-refractivity contribution in [3.8, 4) is 0 Å². The Morgan fingerprint density at radius 1 is 1.04 bits per heavy atom. The van der Waals surface area contributed by atoms with Crippen molar-refractivity contribution >= 4 is 17.3 Å². The highest BCUT2D eigenvalue weighted by atomic mass is 35.5. The third kappa shape index (κ3) is 3.65. The lowest BCUT2D eigenvalue weighted by Gasteiger charge is -2.12. The highest BCUT2D eigenvalue weighted by molar-refractivity contribution is 6.32. The molecule has 120 valence electrons. The van der Waals surface area contributed by atoms with Crippen molar-refractivity contribution in [2.45, 2.75) is 26.2 Å². The molecule has 2 aromatic rings. The van der Waals surface area contributed by atoms with Crippen LogP contribution >= 0.6 is 11.6 Å². The quantitative estimate of drug-likeness (QED) is 0.815. The van der Waals surface area contributed by atoms with Crippen LogP contribution in [0.25, 0.3) is 0 Å². The molecule has 0 spiro atoms. The van der Waals surface area contributed by atoms with Crippen LogP contribution in [0, 0.1) is 0 Å². The lowest BCUT2D eigenvalue weighted by molar-refractivity contribution is 0.680. The van der Waals surface area contributed by atoms with E-state index in [1.165, 1.54) is 22.3 Å². The van der Waals surface area contributed by atoms with Crippen LogP contribution in [0.3, 0.4) is 0 Å². The Morgan fingerprint density at radius 2 is 1.87 bits per heavy atom. The minimum absolute atomic E-state index is 0.836. The summed E-state index contributed by atoms with van der Waals surface area (Å²) < 4.78 is 0. The Bertz CT molecular complexity index is 707. The molecule has 1 aliphatic rings. The number of aliphatic imine (C=N–C) groups is 1. The fourth-order valence-corrected chi connectivity index (χ4v) is 3.42. The summed E-state index contributed by atoms with van der Waals surface area (Å²) in [7, 11) is 0. The average Bonchev–Trinajstić information content (AvgIpc) is 2.73. The van der Waals surface area contributed by atoms with Gasteiger partial charge in [0.2, 0.25) is 0 Å². The van der Waals surface area contributed by atoms with Crippen LogP contribution < -0.4 is 5.32 Å². The van der Waals surface area contributed by atoms with Gasteiger partial charge in [0, 0.05) is 22.7 Å².